The molecule has 1 rings (SSSR count). The standard InChI is InChI=1S/C12H17F3O5PS/c1-3-18-21(19-4-2,10-11-8-6-5-7-9-11)20-22(16,17)12(13,14)15/h5-9H,3-4,10H2,1-2H3/q+1/i20+2. The predicted molar refractivity (Wildman–Crippen MR) is 76.4 cm³/mol. The van der Waals surface area contributed by atoms with Gasteiger partial charge in [-0.2, -0.15) is 30.6 Å². The molecule has 0 bridgehead atoms. The van der Waals surface area contributed by atoms with E-state index in [-0.39, 0.29) is 19.4 Å². The Hall–Kier alpha value is -0.730. The van der Waals surface area contributed by atoms with Crippen LogP contribution in [0.15, 0.2) is 30.3 Å². The highest BCUT2D eigenvalue weighted by Gasteiger charge is 2.59. The first-order valence-electron chi connectivity index (χ1n) is 6.39. The van der Waals surface area contributed by atoms with Gasteiger partial charge >= 0.3 is 23.6 Å². The molecule has 0 amide bonds. The number of rotatable bonds is 8. The van der Waals surface area contributed by atoms with E-state index in [0.717, 1.165) is 0 Å². The van der Waals surface area contributed by atoms with E-state index in [0.29, 0.717) is 5.56 Å². The van der Waals surface area contributed by atoms with Crippen LogP contribution in [0.25, 0.3) is 0 Å². The average Bonchev–Trinajstić information content (AvgIpc) is 2.38. The number of halogens is 3. The van der Waals surface area contributed by atoms with Crippen molar-refractivity contribution in [2.24, 2.45) is 0 Å². The third-order valence-electron chi connectivity index (χ3n) is 2.37. The van der Waals surface area contributed by atoms with Gasteiger partial charge in [0.2, 0.25) is 0 Å². The molecule has 0 saturated heterocycles. The quantitative estimate of drug-likeness (QED) is 0.398. The Kier molecular flexibility index (Phi) is 6.76. The van der Waals surface area contributed by atoms with Gasteiger partial charge in [0.15, 0.2) is 6.16 Å². The fraction of sp³-hybridized carbons (Fsp3) is 0.500. The molecule has 0 aliphatic carbocycles. The highest BCUT2D eigenvalue weighted by atomic mass is 32.3. The number of hydrogen-bond donors (Lipinski definition) is 0. The van der Waals surface area contributed by atoms with Crippen LogP contribution in [0.1, 0.15) is 19.4 Å². The van der Waals surface area contributed by atoms with Crippen molar-refractivity contribution in [1.29, 1.82) is 0 Å². The van der Waals surface area contributed by atoms with Gasteiger partial charge in [-0.05, 0) is 23.4 Å². The van der Waals surface area contributed by atoms with Crippen LogP contribution in [0.4, 0.5) is 13.2 Å². The molecular formula is C12H17F3O5PS+. The first kappa shape index (κ1) is 19.3. The minimum atomic E-state index is -5.82. The molecule has 5 nitrogen and oxygen atoms in total. The van der Waals surface area contributed by atoms with E-state index in [4.69, 9.17) is 9.05 Å². The van der Waals surface area contributed by atoms with Crippen molar-refractivity contribution in [1.82, 2.24) is 0 Å². The fourth-order valence-electron chi connectivity index (χ4n) is 1.59. The lowest BCUT2D eigenvalue weighted by Gasteiger charge is -2.21. The van der Waals surface area contributed by atoms with Gasteiger partial charge in [0.05, 0.1) is 13.2 Å². The Morgan fingerprint density at radius 1 is 1.09 bits per heavy atom. The summed E-state index contributed by atoms with van der Waals surface area (Å²) in [6.45, 7) is 2.94. The molecule has 0 fully saturated rings. The second-order valence-corrected chi connectivity index (χ2v) is 8.09. The summed E-state index contributed by atoms with van der Waals surface area (Å²) in [5.74, 6) is 0. The summed E-state index contributed by atoms with van der Waals surface area (Å²) in [5.41, 5.74) is -4.99. The number of alkyl halides is 3. The predicted octanol–water partition coefficient (Wildman–Crippen LogP) is 3.89. The van der Waals surface area contributed by atoms with Crippen molar-refractivity contribution in [3.05, 3.63) is 35.9 Å². The maximum atomic E-state index is 12.6. The Morgan fingerprint density at radius 2 is 1.59 bits per heavy atom. The molecule has 0 heterocycles. The molecule has 1 aromatic rings. The van der Waals surface area contributed by atoms with Crippen molar-refractivity contribution in [3.8, 4) is 0 Å². The summed E-state index contributed by atoms with van der Waals surface area (Å²) in [4.78, 5) is 0. The largest absolute Gasteiger partial charge is 0.526 e. The maximum Gasteiger partial charge on any atom is 0.526 e. The third kappa shape index (κ3) is 5.17. The van der Waals surface area contributed by atoms with Gasteiger partial charge in [-0.3, -0.25) is 0 Å². The molecule has 0 spiro atoms. The minimum Gasteiger partial charge on any atom is -0.186 e. The van der Waals surface area contributed by atoms with Crippen molar-refractivity contribution < 1.29 is 34.6 Å². The van der Waals surface area contributed by atoms with Crippen LogP contribution in [0.3, 0.4) is 0 Å². The van der Waals surface area contributed by atoms with Crippen LogP contribution in [0, 0.1) is 0 Å². The molecule has 0 unspecified atom stereocenters. The van der Waals surface area contributed by atoms with E-state index in [1.165, 1.54) is 13.8 Å². The zero-order chi connectivity index (χ0) is 16.9. The zero-order valence-electron chi connectivity index (χ0n) is 12.0. The Morgan fingerprint density at radius 3 is 2.00 bits per heavy atom. The topological polar surface area (TPSA) is 61.8 Å². The van der Waals surface area contributed by atoms with Gasteiger partial charge in [0.1, 0.15) is 0 Å². The molecule has 0 aliphatic rings. The first-order valence-corrected chi connectivity index (χ1v) is 9.53. The van der Waals surface area contributed by atoms with Crippen molar-refractivity contribution >= 4 is 18.1 Å². The number of benzene rings is 1. The molecule has 0 radical (unpaired) electrons. The Bertz CT molecular complexity index is 556. The Balaban J connectivity index is 3.15. The highest BCUT2D eigenvalue weighted by Crippen LogP contribution is 2.66. The lowest BCUT2D eigenvalue weighted by atomic mass is 10.2. The van der Waals surface area contributed by atoms with Crippen LogP contribution in [-0.2, 0) is 29.3 Å². The molecule has 0 aliphatic heterocycles. The molecule has 0 N–H and O–H groups in total. The first-order chi connectivity index (χ1) is 10.2. The van der Waals surface area contributed by atoms with Crippen LogP contribution >= 0.6 is 7.94 Å². The van der Waals surface area contributed by atoms with Gasteiger partial charge in [0.25, 0.3) is 0 Å². The van der Waals surface area contributed by atoms with Crippen LogP contribution in [-0.4, -0.2) is 27.1 Å². The second-order valence-electron chi connectivity index (χ2n) is 4.06. The van der Waals surface area contributed by atoms with E-state index in [1.807, 2.05) is 0 Å². The summed E-state index contributed by atoms with van der Waals surface area (Å²) >= 11 is 0. The van der Waals surface area contributed by atoms with E-state index in [1.54, 1.807) is 30.3 Å². The van der Waals surface area contributed by atoms with Crippen molar-refractivity contribution in [3.63, 3.8) is 0 Å². The summed E-state index contributed by atoms with van der Waals surface area (Å²) in [6.07, 6.45) is -0.204. The smallest absolute Gasteiger partial charge is 0.186 e. The van der Waals surface area contributed by atoms with Gasteiger partial charge < -0.3 is 0 Å². The molecule has 1 aromatic carbocycles. The average molecular weight is 363 g/mol. The van der Waals surface area contributed by atoms with E-state index in [9.17, 15) is 21.6 Å². The molecule has 22 heavy (non-hydrogen) atoms. The van der Waals surface area contributed by atoms with E-state index in [2.05, 4.69) is 3.97 Å². The second kappa shape index (κ2) is 7.70. The maximum absolute atomic E-state index is 12.6. The van der Waals surface area contributed by atoms with Crippen LogP contribution < -0.4 is 0 Å². The zero-order valence-corrected chi connectivity index (χ0v) is 13.7. The molecule has 10 heteroatoms. The normalized spacial score (nSPS) is 13.3. The van der Waals surface area contributed by atoms with Gasteiger partial charge in [0, 0.05) is 0 Å². The summed E-state index contributed by atoms with van der Waals surface area (Å²) < 4.78 is 75.2. The van der Waals surface area contributed by atoms with Gasteiger partial charge in [-0.1, -0.05) is 30.3 Å². The summed E-state index contributed by atoms with van der Waals surface area (Å²) in [5, 5.41) is 0. The molecule has 0 aromatic heterocycles. The Labute approximate surface area is 128 Å². The summed E-state index contributed by atoms with van der Waals surface area (Å²) in [6, 6.07) is 8.30. The number of hydrogen-bond acceptors (Lipinski definition) is 5. The van der Waals surface area contributed by atoms with Crippen molar-refractivity contribution in [2.75, 3.05) is 13.2 Å². The van der Waals surface area contributed by atoms with Crippen LogP contribution in [0.2, 0.25) is 0 Å². The molecule has 0 saturated carbocycles. The molecular weight excluding hydrogens is 346 g/mol. The monoisotopic (exact) mass is 363 g/mol. The van der Waals surface area contributed by atoms with Gasteiger partial charge in [-0.25, -0.2) is 0 Å². The third-order valence-corrected chi connectivity index (χ3v) is 6.68. The highest BCUT2D eigenvalue weighted by molar-refractivity contribution is 7.92. The van der Waals surface area contributed by atoms with Crippen LogP contribution in [0.5, 0.6) is 0 Å². The van der Waals surface area contributed by atoms with E-state index < -0.39 is 23.6 Å². The summed E-state index contributed by atoms with van der Waals surface area (Å²) in [7, 11) is -9.56. The van der Waals surface area contributed by atoms with E-state index >= 15 is 0 Å². The molecule has 0 atom stereocenters. The molecule has 126 valence electrons. The SMILES string of the molecule is CCO[P+](Cc1ccccc1)(OCC)[18O]S(=O)(=O)C(F)(F)F. The lowest BCUT2D eigenvalue weighted by Crippen LogP contribution is -2.27. The lowest BCUT2D eigenvalue weighted by molar-refractivity contribution is -0.0511. The fourth-order valence-corrected chi connectivity index (χ4v) is 5.38. The minimum absolute atomic E-state index is 0.0476. The van der Waals surface area contributed by atoms with Gasteiger partial charge in [-0.15, -0.1) is 0 Å². The van der Waals surface area contributed by atoms with Crippen molar-refractivity contribution in [2.45, 2.75) is 25.5 Å².